The maximum Gasteiger partial charge on any atom is 0.0729 e. The molecular formula is C23H16N2. The first-order valence-electron chi connectivity index (χ1n) is 8.16. The van der Waals surface area contributed by atoms with Gasteiger partial charge in [-0.05, 0) is 54.1 Å². The summed E-state index contributed by atoms with van der Waals surface area (Å²) in [5, 5.41) is 0. The zero-order chi connectivity index (χ0) is 16.9. The molecule has 1 aromatic heterocycles. The summed E-state index contributed by atoms with van der Waals surface area (Å²) >= 11 is 0. The van der Waals surface area contributed by atoms with Gasteiger partial charge in [-0.1, -0.05) is 42.2 Å². The maximum atomic E-state index is 4.46. The molecule has 0 atom stereocenters. The summed E-state index contributed by atoms with van der Waals surface area (Å²) in [4.78, 5) is 7.74. The van der Waals surface area contributed by atoms with Gasteiger partial charge in [0.1, 0.15) is 0 Å². The van der Waals surface area contributed by atoms with Crippen LogP contribution in [0.5, 0.6) is 0 Å². The number of nitrogens with zero attached hydrogens (tertiary/aromatic N) is 1. The molecule has 2 nitrogen and oxygen atoms in total. The predicted molar refractivity (Wildman–Crippen MR) is 103 cm³/mol. The van der Waals surface area contributed by atoms with E-state index in [0.29, 0.717) is 0 Å². The molecule has 0 unspecified atom stereocenters. The Kier molecular flexibility index (Phi) is 4.14. The van der Waals surface area contributed by atoms with E-state index in [9.17, 15) is 0 Å². The van der Waals surface area contributed by atoms with Crippen molar-refractivity contribution >= 4 is 11.8 Å². The van der Waals surface area contributed by atoms with Gasteiger partial charge in [0.2, 0.25) is 0 Å². The molecule has 0 fully saturated rings. The quantitative estimate of drug-likeness (QED) is 0.656. The van der Waals surface area contributed by atoms with Crippen LogP contribution in [0.4, 0.5) is 0 Å². The Morgan fingerprint density at radius 2 is 1.56 bits per heavy atom. The predicted octanol–water partition coefficient (Wildman–Crippen LogP) is 4.81. The van der Waals surface area contributed by atoms with Gasteiger partial charge in [-0.25, -0.2) is 0 Å². The first kappa shape index (κ1) is 15.0. The van der Waals surface area contributed by atoms with Gasteiger partial charge in [-0.2, -0.15) is 0 Å². The number of nitrogens with one attached hydrogen (secondary N) is 1. The molecule has 0 saturated carbocycles. The molecule has 2 heteroatoms. The molecule has 0 bridgehead atoms. The number of benzene rings is 2. The lowest BCUT2D eigenvalue weighted by atomic mass is 9.99. The summed E-state index contributed by atoms with van der Waals surface area (Å²) in [5.74, 6) is 6.40. The standard InChI is InChI=1S/C23H16N2/c1-2-6-18(7-3-1)10-11-19-12-14-20(15-13-19)23(21-8-4-16-24-21)22-9-5-17-25-22/h1-9,12-17,24H/b23-22-. The number of allylic oxidation sites excluding steroid dienone is 2. The van der Waals surface area contributed by atoms with Crippen molar-refractivity contribution in [3.63, 3.8) is 0 Å². The first-order chi connectivity index (χ1) is 12.4. The summed E-state index contributed by atoms with van der Waals surface area (Å²) in [6.07, 6.45) is 7.73. The fourth-order valence-electron chi connectivity index (χ4n) is 2.76. The molecule has 0 aliphatic carbocycles. The van der Waals surface area contributed by atoms with Gasteiger partial charge in [-0.15, -0.1) is 0 Å². The minimum Gasteiger partial charge on any atom is -0.361 e. The van der Waals surface area contributed by atoms with Gasteiger partial charge in [0, 0.05) is 34.8 Å². The molecule has 1 aliphatic rings. The van der Waals surface area contributed by atoms with Crippen LogP contribution in [0.2, 0.25) is 0 Å². The van der Waals surface area contributed by atoms with Crippen molar-refractivity contribution in [3.05, 3.63) is 113 Å². The van der Waals surface area contributed by atoms with Gasteiger partial charge in [0.25, 0.3) is 0 Å². The van der Waals surface area contributed by atoms with E-state index < -0.39 is 0 Å². The van der Waals surface area contributed by atoms with E-state index in [1.165, 1.54) is 0 Å². The van der Waals surface area contributed by atoms with E-state index >= 15 is 0 Å². The lowest BCUT2D eigenvalue weighted by Crippen LogP contribution is -1.92. The van der Waals surface area contributed by atoms with Crippen LogP contribution in [-0.2, 0) is 0 Å². The molecule has 4 rings (SSSR count). The van der Waals surface area contributed by atoms with Crippen LogP contribution in [-0.4, -0.2) is 11.2 Å². The van der Waals surface area contributed by atoms with Crippen LogP contribution in [0.3, 0.4) is 0 Å². The SMILES string of the molecule is C(#Cc1ccc(/C(=C2\C=CC=N2)c2ccc[nH]2)cc1)c1ccccc1. The molecule has 3 aromatic rings. The highest BCUT2D eigenvalue weighted by atomic mass is 14.8. The average molecular weight is 320 g/mol. The second kappa shape index (κ2) is 6.90. The summed E-state index contributed by atoms with van der Waals surface area (Å²) in [6, 6.07) is 22.4. The van der Waals surface area contributed by atoms with Crippen molar-refractivity contribution in [1.82, 2.24) is 4.98 Å². The van der Waals surface area contributed by atoms with Crippen molar-refractivity contribution in [1.29, 1.82) is 0 Å². The summed E-state index contributed by atoms with van der Waals surface area (Å²) in [5.41, 5.74) is 6.25. The molecule has 0 saturated heterocycles. The van der Waals surface area contributed by atoms with Crippen molar-refractivity contribution in [2.45, 2.75) is 0 Å². The van der Waals surface area contributed by atoms with E-state index in [1.807, 2.05) is 61.0 Å². The Labute approximate surface area is 147 Å². The third-order valence-corrected chi connectivity index (χ3v) is 3.98. The number of hydrogen-bond donors (Lipinski definition) is 1. The Morgan fingerprint density at radius 1 is 0.800 bits per heavy atom. The maximum absolute atomic E-state index is 4.46. The van der Waals surface area contributed by atoms with Crippen molar-refractivity contribution in [2.24, 2.45) is 4.99 Å². The number of hydrogen-bond acceptors (Lipinski definition) is 1. The van der Waals surface area contributed by atoms with Crippen LogP contribution in [0.15, 0.2) is 95.8 Å². The Morgan fingerprint density at radius 3 is 2.20 bits per heavy atom. The summed E-state index contributed by atoms with van der Waals surface area (Å²) in [7, 11) is 0. The van der Waals surface area contributed by atoms with Crippen molar-refractivity contribution in [3.8, 4) is 11.8 Å². The van der Waals surface area contributed by atoms with E-state index in [1.54, 1.807) is 0 Å². The highest BCUT2D eigenvalue weighted by molar-refractivity contribution is 5.88. The Balaban J connectivity index is 1.67. The minimum atomic E-state index is 0.963. The molecule has 118 valence electrons. The van der Waals surface area contributed by atoms with Crippen LogP contribution < -0.4 is 0 Å². The highest BCUT2D eigenvalue weighted by Crippen LogP contribution is 2.28. The normalized spacial score (nSPS) is 14.2. The Hall–Kier alpha value is -3.57. The molecule has 25 heavy (non-hydrogen) atoms. The molecule has 2 heterocycles. The average Bonchev–Trinajstić information content (AvgIpc) is 3.37. The zero-order valence-corrected chi connectivity index (χ0v) is 13.6. The van der Waals surface area contributed by atoms with Crippen LogP contribution in [0.1, 0.15) is 22.4 Å². The molecule has 1 N–H and O–H groups in total. The lowest BCUT2D eigenvalue weighted by molar-refractivity contribution is 1.32. The van der Waals surface area contributed by atoms with E-state index in [4.69, 9.17) is 0 Å². The second-order valence-electron chi connectivity index (χ2n) is 5.67. The van der Waals surface area contributed by atoms with E-state index in [0.717, 1.165) is 33.7 Å². The third kappa shape index (κ3) is 3.36. The van der Waals surface area contributed by atoms with Gasteiger partial charge < -0.3 is 4.98 Å². The molecule has 1 aliphatic heterocycles. The van der Waals surface area contributed by atoms with E-state index in [2.05, 4.69) is 52.1 Å². The summed E-state index contributed by atoms with van der Waals surface area (Å²) in [6.45, 7) is 0. The number of H-pyrrole nitrogens is 1. The fraction of sp³-hybridized carbons (Fsp3) is 0. The number of aromatic nitrogens is 1. The molecule has 0 amide bonds. The topological polar surface area (TPSA) is 28.1 Å². The van der Waals surface area contributed by atoms with E-state index in [-0.39, 0.29) is 0 Å². The number of rotatable bonds is 2. The summed E-state index contributed by atoms with van der Waals surface area (Å²) < 4.78 is 0. The Bertz CT molecular complexity index is 993. The first-order valence-corrected chi connectivity index (χ1v) is 8.16. The number of aliphatic imine (C=N–C) groups is 1. The molecule has 0 spiro atoms. The zero-order valence-electron chi connectivity index (χ0n) is 13.6. The lowest BCUT2D eigenvalue weighted by Gasteiger charge is -2.08. The van der Waals surface area contributed by atoms with Gasteiger partial charge >= 0.3 is 0 Å². The molecular weight excluding hydrogens is 304 g/mol. The van der Waals surface area contributed by atoms with Gasteiger partial charge in [0.15, 0.2) is 0 Å². The van der Waals surface area contributed by atoms with Crippen LogP contribution >= 0.6 is 0 Å². The number of aromatic amines is 1. The van der Waals surface area contributed by atoms with Crippen LogP contribution in [0, 0.1) is 11.8 Å². The fourth-order valence-corrected chi connectivity index (χ4v) is 2.76. The van der Waals surface area contributed by atoms with Crippen LogP contribution in [0.25, 0.3) is 5.57 Å². The minimum absolute atomic E-state index is 0.963. The smallest absolute Gasteiger partial charge is 0.0729 e. The second-order valence-corrected chi connectivity index (χ2v) is 5.67. The molecule has 0 radical (unpaired) electrons. The third-order valence-electron chi connectivity index (χ3n) is 3.98. The monoisotopic (exact) mass is 320 g/mol. The van der Waals surface area contributed by atoms with Crippen molar-refractivity contribution < 1.29 is 0 Å². The van der Waals surface area contributed by atoms with Crippen molar-refractivity contribution in [2.75, 3.05) is 0 Å². The van der Waals surface area contributed by atoms with Gasteiger partial charge in [-0.3, -0.25) is 4.99 Å². The highest BCUT2D eigenvalue weighted by Gasteiger charge is 2.12. The molecule has 2 aromatic carbocycles. The largest absolute Gasteiger partial charge is 0.361 e. The van der Waals surface area contributed by atoms with Gasteiger partial charge in [0.05, 0.1) is 5.70 Å².